The van der Waals surface area contributed by atoms with E-state index in [9.17, 15) is 25.0 Å². The predicted octanol–water partition coefficient (Wildman–Crippen LogP) is 5.54. The second-order valence-corrected chi connectivity index (χ2v) is 8.61. The molecule has 0 aliphatic carbocycles. The first-order valence-electron chi connectivity index (χ1n) is 10.6. The van der Waals surface area contributed by atoms with Gasteiger partial charge < -0.3 is 15.4 Å². The minimum atomic E-state index is -0.711. The number of nitro groups is 1. The molecular weight excluding hydrogens is 528 g/mol. The van der Waals surface area contributed by atoms with Crippen LogP contribution >= 0.6 is 15.9 Å². The van der Waals surface area contributed by atoms with E-state index in [4.69, 9.17) is 4.74 Å². The van der Waals surface area contributed by atoms with Crippen LogP contribution in [0.3, 0.4) is 0 Å². The fraction of sp³-hybridized carbons (Fsp3) is 0.115. The van der Waals surface area contributed by atoms with E-state index in [1.165, 1.54) is 30.3 Å². The van der Waals surface area contributed by atoms with E-state index in [2.05, 4.69) is 26.6 Å². The third kappa shape index (κ3) is 7.01. The van der Waals surface area contributed by atoms with Crippen LogP contribution in [-0.4, -0.2) is 23.3 Å². The molecule has 2 N–H and O–H groups in total. The molecule has 182 valence electrons. The zero-order chi connectivity index (χ0) is 26.2. The Bertz CT molecular complexity index is 1410. The van der Waals surface area contributed by atoms with Gasteiger partial charge in [0.1, 0.15) is 17.4 Å². The molecule has 0 aliphatic rings. The lowest BCUT2D eigenvalue weighted by molar-refractivity contribution is -0.384. The van der Waals surface area contributed by atoms with E-state index < -0.39 is 10.8 Å². The quantitative estimate of drug-likeness (QED) is 0.164. The lowest BCUT2D eigenvalue weighted by atomic mass is 10.1. The Hall–Kier alpha value is -4.49. The van der Waals surface area contributed by atoms with Gasteiger partial charge in [0, 0.05) is 23.5 Å². The van der Waals surface area contributed by atoms with Gasteiger partial charge in [-0.15, -0.1) is 0 Å². The van der Waals surface area contributed by atoms with Crippen LogP contribution in [0.5, 0.6) is 5.75 Å². The zero-order valence-electron chi connectivity index (χ0n) is 19.4. The van der Waals surface area contributed by atoms with Gasteiger partial charge >= 0.3 is 0 Å². The molecule has 0 radical (unpaired) electrons. The van der Waals surface area contributed by atoms with Gasteiger partial charge in [0.05, 0.1) is 9.40 Å². The highest BCUT2D eigenvalue weighted by atomic mass is 79.9. The monoisotopic (exact) mass is 548 g/mol. The molecule has 0 fully saturated rings. The van der Waals surface area contributed by atoms with Crippen LogP contribution < -0.4 is 15.4 Å². The number of nitriles is 1. The minimum Gasteiger partial charge on any atom is -0.483 e. The number of nitrogens with one attached hydrogen (secondary N) is 2. The summed E-state index contributed by atoms with van der Waals surface area (Å²) in [6, 6.07) is 17.7. The van der Waals surface area contributed by atoms with Gasteiger partial charge in [-0.25, -0.2) is 0 Å². The maximum absolute atomic E-state index is 12.5. The van der Waals surface area contributed by atoms with Crippen molar-refractivity contribution >= 4 is 50.9 Å². The molecule has 0 saturated heterocycles. The van der Waals surface area contributed by atoms with Crippen molar-refractivity contribution in [3.8, 4) is 11.8 Å². The first kappa shape index (κ1) is 26.1. The highest BCUT2D eigenvalue weighted by molar-refractivity contribution is 9.10. The molecule has 0 aromatic heterocycles. The molecule has 0 aliphatic heterocycles. The average Bonchev–Trinajstić information content (AvgIpc) is 2.84. The van der Waals surface area contributed by atoms with Crippen LogP contribution in [0.2, 0.25) is 0 Å². The summed E-state index contributed by atoms with van der Waals surface area (Å²) in [5.41, 5.74) is 3.21. The topological polar surface area (TPSA) is 134 Å². The smallest absolute Gasteiger partial charge is 0.271 e. The highest BCUT2D eigenvalue weighted by Crippen LogP contribution is 2.27. The molecule has 3 aromatic rings. The van der Waals surface area contributed by atoms with Crippen LogP contribution in [0.1, 0.15) is 16.7 Å². The van der Waals surface area contributed by atoms with Crippen molar-refractivity contribution in [2.45, 2.75) is 13.8 Å². The summed E-state index contributed by atoms with van der Waals surface area (Å²) in [5.74, 6) is -0.627. The standard InChI is InChI=1S/C26H21BrN4O5/c1-16-6-8-21(10-17(16)2)29-25(32)15-36-24-9-7-18(12-23(24)27)11-19(14-28)26(33)30-20-4-3-5-22(13-20)31(34)35/h3-13H,15H2,1-2H3,(H,29,32)(H,30,33)/b19-11-. The number of nitro benzene ring substituents is 1. The maximum Gasteiger partial charge on any atom is 0.271 e. The Morgan fingerprint density at radius 3 is 2.47 bits per heavy atom. The van der Waals surface area contributed by atoms with Gasteiger partial charge in [-0.2, -0.15) is 5.26 Å². The summed E-state index contributed by atoms with van der Waals surface area (Å²) < 4.78 is 6.11. The number of carbonyl (C=O) groups is 2. The summed E-state index contributed by atoms with van der Waals surface area (Å²) in [7, 11) is 0. The first-order valence-corrected chi connectivity index (χ1v) is 11.4. The Balaban J connectivity index is 1.64. The molecule has 3 rings (SSSR count). The number of amides is 2. The number of halogens is 1. The third-order valence-electron chi connectivity index (χ3n) is 5.10. The summed E-state index contributed by atoms with van der Waals surface area (Å²) in [6.45, 7) is 3.74. The average molecular weight is 549 g/mol. The summed E-state index contributed by atoms with van der Waals surface area (Å²) in [6.07, 6.45) is 1.37. The molecule has 2 amide bonds. The van der Waals surface area contributed by atoms with Crippen LogP contribution in [0.4, 0.5) is 17.1 Å². The lowest BCUT2D eigenvalue weighted by Gasteiger charge is -2.11. The molecule has 9 nitrogen and oxygen atoms in total. The number of non-ortho nitro benzene ring substituents is 1. The minimum absolute atomic E-state index is 0.183. The van der Waals surface area contributed by atoms with Gasteiger partial charge in [0.2, 0.25) is 0 Å². The van der Waals surface area contributed by atoms with Crippen LogP contribution in [0.25, 0.3) is 6.08 Å². The molecule has 3 aromatic carbocycles. The number of ether oxygens (including phenoxy) is 1. The van der Waals surface area contributed by atoms with Crippen LogP contribution in [0.15, 0.2) is 70.7 Å². The molecule has 0 atom stereocenters. The van der Waals surface area contributed by atoms with Crippen molar-refractivity contribution in [1.29, 1.82) is 5.26 Å². The number of anilines is 2. The fourth-order valence-electron chi connectivity index (χ4n) is 3.09. The van der Waals surface area contributed by atoms with Gasteiger partial charge in [0.25, 0.3) is 17.5 Å². The number of hydrogen-bond acceptors (Lipinski definition) is 6. The predicted molar refractivity (Wildman–Crippen MR) is 139 cm³/mol. The van der Waals surface area contributed by atoms with Crippen LogP contribution in [-0.2, 0) is 9.59 Å². The van der Waals surface area contributed by atoms with Gasteiger partial charge in [-0.05, 0) is 82.9 Å². The molecule has 36 heavy (non-hydrogen) atoms. The van der Waals surface area contributed by atoms with E-state index in [-0.39, 0.29) is 29.5 Å². The first-order chi connectivity index (χ1) is 17.2. The van der Waals surface area contributed by atoms with E-state index in [1.807, 2.05) is 38.1 Å². The molecule has 0 bridgehead atoms. The van der Waals surface area contributed by atoms with Crippen LogP contribution in [0, 0.1) is 35.3 Å². The van der Waals surface area contributed by atoms with Crippen molar-refractivity contribution < 1.29 is 19.2 Å². The van der Waals surface area contributed by atoms with E-state index >= 15 is 0 Å². The number of benzene rings is 3. The second kappa shape index (κ2) is 11.8. The third-order valence-corrected chi connectivity index (χ3v) is 5.72. The number of carbonyl (C=O) groups excluding carboxylic acids is 2. The van der Waals surface area contributed by atoms with E-state index in [1.54, 1.807) is 18.2 Å². The van der Waals surface area contributed by atoms with E-state index in [0.29, 0.717) is 21.5 Å². The largest absolute Gasteiger partial charge is 0.483 e. The molecule has 10 heteroatoms. The van der Waals surface area contributed by atoms with Crippen molar-refractivity contribution in [2.24, 2.45) is 0 Å². The number of nitrogens with zero attached hydrogens (tertiary/aromatic N) is 2. The second-order valence-electron chi connectivity index (χ2n) is 7.76. The molecular formula is C26H21BrN4O5. The van der Waals surface area contributed by atoms with E-state index in [0.717, 1.165) is 11.1 Å². The lowest BCUT2D eigenvalue weighted by Crippen LogP contribution is -2.20. The van der Waals surface area contributed by atoms with Crippen molar-refractivity contribution in [2.75, 3.05) is 17.2 Å². The summed E-state index contributed by atoms with van der Waals surface area (Å²) in [5, 5.41) is 25.6. The SMILES string of the molecule is Cc1ccc(NC(=O)COc2ccc(/C=C(/C#N)C(=O)Nc3cccc([N+](=O)[O-])c3)cc2Br)cc1C. The summed E-state index contributed by atoms with van der Waals surface area (Å²) >= 11 is 3.37. The van der Waals surface area contributed by atoms with Crippen molar-refractivity contribution in [3.63, 3.8) is 0 Å². The molecule has 0 unspecified atom stereocenters. The molecule has 0 saturated carbocycles. The van der Waals surface area contributed by atoms with Gasteiger partial charge in [-0.1, -0.05) is 18.2 Å². The number of aryl methyl sites for hydroxylation is 2. The maximum atomic E-state index is 12.5. The zero-order valence-corrected chi connectivity index (χ0v) is 21.0. The highest BCUT2D eigenvalue weighted by Gasteiger charge is 2.13. The normalized spacial score (nSPS) is 10.8. The Morgan fingerprint density at radius 2 is 1.81 bits per heavy atom. The van der Waals surface area contributed by atoms with Crippen molar-refractivity contribution in [1.82, 2.24) is 0 Å². The Morgan fingerprint density at radius 1 is 1.06 bits per heavy atom. The number of rotatable bonds is 8. The number of hydrogen-bond donors (Lipinski definition) is 2. The van der Waals surface area contributed by atoms with Gasteiger partial charge in [0.15, 0.2) is 6.61 Å². The fourth-order valence-corrected chi connectivity index (χ4v) is 3.61. The molecule has 0 heterocycles. The van der Waals surface area contributed by atoms with Gasteiger partial charge in [-0.3, -0.25) is 19.7 Å². The Kier molecular flexibility index (Phi) is 8.54. The molecule has 0 spiro atoms. The van der Waals surface area contributed by atoms with Crippen molar-refractivity contribution in [3.05, 3.63) is 97.5 Å². The summed E-state index contributed by atoms with van der Waals surface area (Å²) in [4.78, 5) is 35.1. The Labute approximate surface area is 215 Å².